The van der Waals surface area contributed by atoms with Gasteiger partial charge in [0.2, 0.25) is 0 Å². The third-order valence-electron chi connectivity index (χ3n) is 2.78. The molecule has 1 aromatic carbocycles. The Balaban J connectivity index is 2.24. The lowest BCUT2D eigenvalue weighted by Gasteiger charge is -2.03. The van der Waals surface area contributed by atoms with E-state index in [4.69, 9.17) is 0 Å². The molecule has 0 aliphatic heterocycles. The van der Waals surface area contributed by atoms with Crippen molar-refractivity contribution < 1.29 is 8.42 Å². The summed E-state index contributed by atoms with van der Waals surface area (Å²) < 4.78 is 24.4. The lowest BCUT2D eigenvalue weighted by atomic mass is 10.1. The van der Waals surface area contributed by atoms with Crippen molar-refractivity contribution in [3.05, 3.63) is 41.1 Å². The van der Waals surface area contributed by atoms with Gasteiger partial charge in [0.15, 0.2) is 9.84 Å². The standard InChI is InChI=1S/C13H9BrN2O2S2/c1-20(17,18)12-5-4-11(19-12)13-9-6-8(14)2-3-10(9)15-7-16-13/h2-7H,1H3. The quantitative estimate of drug-likeness (QED) is 0.694. The molecular formula is C13H9BrN2O2S2. The summed E-state index contributed by atoms with van der Waals surface area (Å²) in [5.41, 5.74) is 1.57. The van der Waals surface area contributed by atoms with E-state index in [1.165, 1.54) is 23.9 Å². The number of hydrogen-bond donors (Lipinski definition) is 0. The molecule has 4 nitrogen and oxygen atoms in total. The van der Waals surface area contributed by atoms with E-state index in [1.54, 1.807) is 12.1 Å². The second-order valence-electron chi connectivity index (χ2n) is 4.27. The molecule has 3 rings (SSSR count). The van der Waals surface area contributed by atoms with E-state index in [0.29, 0.717) is 4.21 Å². The van der Waals surface area contributed by atoms with Crippen molar-refractivity contribution in [1.29, 1.82) is 0 Å². The van der Waals surface area contributed by atoms with Gasteiger partial charge in [-0.15, -0.1) is 11.3 Å². The monoisotopic (exact) mass is 368 g/mol. The van der Waals surface area contributed by atoms with E-state index in [-0.39, 0.29) is 0 Å². The van der Waals surface area contributed by atoms with Crippen molar-refractivity contribution in [2.75, 3.05) is 6.26 Å². The molecule has 2 aromatic heterocycles. The highest BCUT2D eigenvalue weighted by Gasteiger charge is 2.14. The lowest BCUT2D eigenvalue weighted by Crippen LogP contribution is -1.91. The predicted octanol–water partition coefficient (Wildman–Crippen LogP) is 3.52. The van der Waals surface area contributed by atoms with E-state index < -0.39 is 9.84 Å². The van der Waals surface area contributed by atoms with Crippen LogP contribution in [0.15, 0.2) is 45.3 Å². The van der Waals surface area contributed by atoms with Crippen LogP contribution in [0.1, 0.15) is 0 Å². The highest BCUT2D eigenvalue weighted by molar-refractivity contribution is 9.10. The van der Waals surface area contributed by atoms with Crippen LogP contribution in [0.5, 0.6) is 0 Å². The van der Waals surface area contributed by atoms with Gasteiger partial charge < -0.3 is 0 Å². The highest BCUT2D eigenvalue weighted by atomic mass is 79.9. The Hall–Kier alpha value is -1.31. The minimum absolute atomic E-state index is 0.342. The van der Waals surface area contributed by atoms with Crippen molar-refractivity contribution in [2.45, 2.75) is 4.21 Å². The summed E-state index contributed by atoms with van der Waals surface area (Å²) in [7, 11) is -3.19. The number of nitrogens with zero attached hydrogens (tertiary/aromatic N) is 2. The lowest BCUT2D eigenvalue weighted by molar-refractivity contribution is 0.604. The van der Waals surface area contributed by atoms with Crippen LogP contribution in [0.2, 0.25) is 0 Å². The zero-order valence-electron chi connectivity index (χ0n) is 10.4. The smallest absolute Gasteiger partial charge is 0.184 e. The van der Waals surface area contributed by atoms with E-state index in [0.717, 1.165) is 25.9 Å². The Kier molecular flexibility index (Phi) is 3.35. The summed E-state index contributed by atoms with van der Waals surface area (Å²) in [5, 5.41) is 0.892. The number of sulfone groups is 1. The molecule has 0 aliphatic rings. The predicted molar refractivity (Wildman–Crippen MR) is 83.7 cm³/mol. The van der Waals surface area contributed by atoms with Gasteiger partial charge in [-0.1, -0.05) is 15.9 Å². The number of fused-ring (bicyclic) bond motifs is 1. The van der Waals surface area contributed by atoms with Gasteiger partial charge in [0.05, 0.1) is 16.1 Å². The first kappa shape index (κ1) is 13.7. The van der Waals surface area contributed by atoms with Crippen LogP contribution < -0.4 is 0 Å². The van der Waals surface area contributed by atoms with Gasteiger partial charge in [0.1, 0.15) is 10.5 Å². The Morgan fingerprint density at radius 1 is 1.15 bits per heavy atom. The summed E-state index contributed by atoms with van der Waals surface area (Å²) >= 11 is 4.65. The van der Waals surface area contributed by atoms with Gasteiger partial charge in [-0.05, 0) is 30.3 Å². The molecule has 2 heterocycles. The van der Waals surface area contributed by atoms with Crippen LogP contribution in [0.3, 0.4) is 0 Å². The number of benzene rings is 1. The van der Waals surface area contributed by atoms with Gasteiger partial charge in [-0.25, -0.2) is 18.4 Å². The van der Waals surface area contributed by atoms with Crippen molar-refractivity contribution in [2.24, 2.45) is 0 Å². The normalized spacial score (nSPS) is 11.9. The maximum atomic E-state index is 11.6. The summed E-state index contributed by atoms with van der Waals surface area (Å²) in [6, 6.07) is 9.14. The zero-order valence-corrected chi connectivity index (χ0v) is 13.6. The van der Waals surface area contributed by atoms with Gasteiger partial charge in [0.25, 0.3) is 0 Å². The fraction of sp³-hybridized carbons (Fsp3) is 0.0769. The molecule has 0 saturated heterocycles. The molecule has 0 radical (unpaired) electrons. The molecule has 0 N–H and O–H groups in total. The van der Waals surface area contributed by atoms with E-state index >= 15 is 0 Å². The number of hydrogen-bond acceptors (Lipinski definition) is 5. The van der Waals surface area contributed by atoms with Crippen LogP contribution >= 0.6 is 27.3 Å². The van der Waals surface area contributed by atoms with Gasteiger partial charge >= 0.3 is 0 Å². The molecule has 0 saturated carbocycles. The molecule has 0 fully saturated rings. The first-order valence-corrected chi connectivity index (χ1v) is 9.16. The van der Waals surface area contributed by atoms with Crippen LogP contribution in [0, 0.1) is 0 Å². The summed E-state index contributed by atoms with van der Waals surface area (Å²) in [4.78, 5) is 9.33. The molecule has 0 bridgehead atoms. The third-order valence-corrected chi connectivity index (χ3v) is 6.18. The number of aromatic nitrogens is 2. The highest BCUT2D eigenvalue weighted by Crippen LogP contribution is 2.34. The van der Waals surface area contributed by atoms with E-state index in [1.807, 2.05) is 18.2 Å². The second kappa shape index (κ2) is 4.91. The number of thiophene rings is 1. The molecule has 0 atom stereocenters. The zero-order chi connectivity index (χ0) is 14.3. The van der Waals surface area contributed by atoms with Gasteiger partial charge in [0, 0.05) is 16.1 Å². The Labute approximate surface area is 128 Å². The first-order chi connectivity index (χ1) is 9.45. The van der Waals surface area contributed by atoms with Gasteiger partial charge in [-0.2, -0.15) is 0 Å². The SMILES string of the molecule is CS(=O)(=O)c1ccc(-c2ncnc3ccc(Br)cc23)s1. The second-order valence-corrected chi connectivity index (χ2v) is 8.52. The van der Waals surface area contributed by atoms with Crippen molar-refractivity contribution >= 4 is 48.0 Å². The van der Waals surface area contributed by atoms with Crippen LogP contribution in [0.25, 0.3) is 21.5 Å². The summed E-state index contributed by atoms with van der Waals surface area (Å²) in [5.74, 6) is 0. The Bertz CT molecular complexity index is 904. The molecule has 0 amide bonds. The molecular weight excluding hydrogens is 360 g/mol. The summed E-state index contributed by atoms with van der Waals surface area (Å²) in [6.45, 7) is 0. The van der Waals surface area contributed by atoms with Gasteiger partial charge in [-0.3, -0.25) is 0 Å². The van der Waals surface area contributed by atoms with Crippen LogP contribution in [0.4, 0.5) is 0 Å². The molecule has 7 heteroatoms. The molecule has 0 spiro atoms. The fourth-order valence-corrected chi connectivity index (χ4v) is 4.17. The Morgan fingerprint density at radius 2 is 1.95 bits per heavy atom. The first-order valence-electron chi connectivity index (χ1n) is 5.66. The van der Waals surface area contributed by atoms with E-state index in [9.17, 15) is 8.42 Å². The molecule has 20 heavy (non-hydrogen) atoms. The minimum Gasteiger partial charge on any atom is -0.236 e. The molecule has 102 valence electrons. The largest absolute Gasteiger partial charge is 0.236 e. The van der Waals surface area contributed by atoms with Crippen molar-refractivity contribution in [3.8, 4) is 10.6 Å². The number of rotatable bonds is 2. The maximum Gasteiger partial charge on any atom is 0.184 e. The third kappa shape index (κ3) is 2.48. The Morgan fingerprint density at radius 3 is 2.65 bits per heavy atom. The van der Waals surface area contributed by atoms with Crippen LogP contribution in [-0.4, -0.2) is 24.6 Å². The molecule has 0 unspecified atom stereocenters. The van der Waals surface area contributed by atoms with Crippen molar-refractivity contribution in [1.82, 2.24) is 9.97 Å². The average molecular weight is 369 g/mol. The molecule has 3 aromatic rings. The summed E-state index contributed by atoms with van der Waals surface area (Å²) in [6.07, 6.45) is 2.70. The van der Waals surface area contributed by atoms with Crippen molar-refractivity contribution in [3.63, 3.8) is 0 Å². The average Bonchev–Trinajstić information content (AvgIpc) is 2.87. The molecule has 0 aliphatic carbocycles. The minimum atomic E-state index is -3.19. The maximum absolute atomic E-state index is 11.6. The van der Waals surface area contributed by atoms with Crippen LogP contribution in [-0.2, 0) is 9.84 Å². The number of halogens is 1. The fourth-order valence-electron chi connectivity index (χ4n) is 1.87. The topological polar surface area (TPSA) is 59.9 Å². The van der Waals surface area contributed by atoms with E-state index in [2.05, 4.69) is 25.9 Å².